The first-order valence-electron chi connectivity index (χ1n) is 2.89. The van der Waals surface area contributed by atoms with E-state index < -0.39 is 0 Å². The summed E-state index contributed by atoms with van der Waals surface area (Å²) in [6, 6.07) is 0. The Kier molecular flexibility index (Phi) is 1.29. The molecule has 0 bridgehead atoms. The second kappa shape index (κ2) is 1.71. The third-order valence-corrected chi connectivity index (χ3v) is 1.37. The monoisotopic (exact) mass is 116 g/mol. The first-order chi connectivity index (χ1) is 3.61. The Morgan fingerprint density at radius 3 is 1.88 bits per heavy atom. The molecule has 1 aliphatic heterocycles. The molecular formula is C6H12O2. The first-order valence-corrected chi connectivity index (χ1v) is 2.89. The largest absolute Gasteiger partial charge is 0.233 e. The van der Waals surface area contributed by atoms with Crippen molar-refractivity contribution in [2.45, 2.75) is 26.9 Å². The lowest BCUT2D eigenvalue weighted by atomic mass is 9.89. The smallest absolute Gasteiger partial charge is 0.124 e. The fourth-order valence-corrected chi connectivity index (χ4v) is 0.530. The van der Waals surface area contributed by atoms with E-state index in [9.17, 15) is 0 Å². The van der Waals surface area contributed by atoms with Gasteiger partial charge in [-0.25, -0.2) is 9.78 Å². The van der Waals surface area contributed by atoms with E-state index in [0.717, 1.165) is 6.61 Å². The Morgan fingerprint density at radius 1 is 1.38 bits per heavy atom. The van der Waals surface area contributed by atoms with Gasteiger partial charge in [0.2, 0.25) is 0 Å². The van der Waals surface area contributed by atoms with Crippen molar-refractivity contribution >= 4 is 0 Å². The summed E-state index contributed by atoms with van der Waals surface area (Å²) in [5.74, 6) is 0. The molecule has 0 amide bonds. The van der Waals surface area contributed by atoms with Crippen LogP contribution in [0, 0.1) is 5.41 Å². The Morgan fingerprint density at radius 2 is 1.88 bits per heavy atom. The van der Waals surface area contributed by atoms with Crippen molar-refractivity contribution in [3.8, 4) is 0 Å². The topological polar surface area (TPSA) is 18.5 Å². The highest BCUT2D eigenvalue weighted by molar-refractivity contribution is 4.75. The van der Waals surface area contributed by atoms with E-state index in [-0.39, 0.29) is 5.41 Å². The van der Waals surface area contributed by atoms with Crippen LogP contribution in [0.5, 0.6) is 0 Å². The molecule has 1 rings (SSSR count). The van der Waals surface area contributed by atoms with Gasteiger partial charge in [-0.15, -0.1) is 0 Å². The van der Waals surface area contributed by atoms with E-state index in [1.54, 1.807) is 0 Å². The molecule has 0 radical (unpaired) electrons. The summed E-state index contributed by atoms with van der Waals surface area (Å²) in [6.07, 6.45) is 0.308. The molecule has 1 fully saturated rings. The van der Waals surface area contributed by atoms with Crippen LogP contribution in [0.1, 0.15) is 20.8 Å². The van der Waals surface area contributed by atoms with Gasteiger partial charge in [0.1, 0.15) is 12.7 Å². The fourth-order valence-electron chi connectivity index (χ4n) is 0.530. The highest BCUT2D eigenvalue weighted by Gasteiger charge is 2.33. The SMILES string of the molecule is CC(C)(C)C1COO1. The lowest BCUT2D eigenvalue weighted by Gasteiger charge is -2.35. The van der Waals surface area contributed by atoms with Crippen molar-refractivity contribution in [2.24, 2.45) is 5.41 Å². The third kappa shape index (κ3) is 1.01. The molecule has 8 heavy (non-hydrogen) atoms. The van der Waals surface area contributed by atoms with Crippen LogP contribution in [0.4, 0.5) is 0 Å². The second-order valence-corrected chi connectivity index (χ2v) is 3.24. The molecule has 0 aliphatic carbocycles. The van der Waals surface area contributed by atoms with Crippen molar-refractivity contribution in [1.82, 2.24) is 0 Å². The molecule has 0 spiro atoms. The van der Waals surface area contributed by atoms with E-state index >= 15 is 0 Å². The third-order valence-electron chi connectivity index (χ3n) is 1.37. The second-order valence-electron chi connectivity index (χ2n) is 3.24. The van der Waals surface area contributed by atoms with Crippen LogP contribution < -0.4 is 0 Å². The molecule has 2 heteroatoms. The zero-order chi connectivity index (χ0) is 6.20. The predicted molar refractivity (Wildman–Crippen MR) is 30.3 cm³/mol. The van der Waals surface area contributed by atoms with Gasteiger partial charge >= 0.3 is 0 Å². The predicted octanol–water partition coefficient (Wildman–Crippen LogP) is 1.36. The summed E-state index contributed by atoms with van der Waals surface area (Å²) in [4.78, 5) is 9.36. The van der Waals surface area contributed by atoms with Gasteiger partial charge in [-0.1, -0.05) is 20.8 Å². The normalized spacial score (nSPS) is 29.6. The Bertz CT molecular complexity index is 79.0. The maximum Gasteiger partial charge on any atom is 0.124 e. The standard InChI is InChI=1S/C6H12O2/c1-6(2,3)5-4-7-8-5/h5H,4H2,1-3H3. The van der Waals surface area contributed by atoms with Crippen LogP contribution in [0.15, 0.2) is 0 Å². The minimum Gasteiger partial charge on any atom is -0.233 e. The lowest BCUT2D eigenvalue weighted by molar-refractivity contribution is -0.442. The van der Waals surface area contributed by atoms with Gasteiger partial charge in [0.25, 0.3) is 0 Å². The number of hydrogen-bond donors (Lipinski definition) is 0. The number of hydrogen-bond acceptors (Lipinski definition) is 2. The van der Waals surface area contributed by atoms with E-state index in [4.69, 9.17) is 4.89 Å². The summed E-state index contributed by atoms with van der Waals surface area (Å²) in [7, 11) is 0. The van der Waals surface area contributed by atoms with Crippen molar-refractivity contribution in [1.29, 1.82) is 0 Å². The first kappa shape index (κ1) is 6.05. The van der Waals surface area contributed by atoms with Gasteiger partial charge in [0, 0.05) is 0 Å². The van der Waals surface area contributed by atoms with E-state index in [0.29, 0.717) is 6.10 Å². The average molecular weight is 116 g/mol. The Labute approximate surface area is 49.7 Å². The minimum absolute atomic E-state index is 0.248. The molecule has 0 N–H and O–H groups in total. The number of rotatable bonds is 0. The van der Waals surface area contributed by atoms with Gasteiger partial charge in [-0.2, -0.15) is 0 Å². The average Bonchev–Trinajstić information content (AvgIpc) is 1.16. The molecular weight excluding hydrogens is 104 g/mol. The molecule has 1 atom stereocenters. The molecule has 48 valence electrons. The lowest BCUT2D eigenvalue weighted by Crippen LogP contribution is -2.41. The van der Waals surface area contributed by atoms with Crippen LogP contribution in [-0.2, 0) is 9.78 Å². The maximum absolute atomic E-state index is 4.80. The molecule has 0 aromatic heterocycles. The van der Waals surface area contributed by atoms with Crippen molar-refractivity contribution in [2.75, 3.05) is 6.61 Å². The minimum atomic E-state index is 0.248. The quantitative estimate of drug-likeness (QED) is 0.445. The van der Waals surface area contributed by atoms with Crippen LogP contribution in [0.2, 0.25) is 0 Å². The van der Waals surface area contributed by atoms with Gasteiger partial charge < -0.3 is 0 Å². The molecule has 0 aromatic rings. The highest BCUT2D eigenvalue weighted by atomic mass is 17.2. The van der Waals surface area contributed by atoms with Gasteiger partial charge in [0.15, 0.2) is 0 Å². The van der Waals surface area contributed by atoms with E-state index in [1.807, 2.05) is 0 Å². The van der Waals surface area contributed by atoms with Crippen LogP contribution in [-0.4, -0.2) is 12.7 Å². The molecule has 0 saturated carbocycles. The molecule has 1 aliphatic rings. The van der Waals surface area contributed by atoms with Crippen molar-refractivity contribution in [3.63, 3.8) is 0 Å². The molecule has 2 nitrogen and oxygen atoms in total. The van der Waals surface area contributed by atoms with Crippen LogP contribution in [0.3, 0.4) is 0 Å². The fraction of sp³-hybridized carbons (Fsp3) is 1.00. The van der Waals surface area contributed by atoms with Gasteiger partial charge in [-0.3, -0.25) is 0 Å². The van der Waals surface area contributed by atoms with Crippen molar-refractivity contribution < 1.29 is 9.78 Å². The summed E-state index contributed by atoms with van der Waals surface area (Å²) >= 11 is 0. The van der Waals surface area contributed by atoms with Crippen molar-refractivity contribution in [3.05, 3.63) is 0 Å². The van der Waals surface area contributed by atoms with E-state index in [2.05, 4.69) is 25.7 Å². The van der Waals surface area contributed by atoms with E-state index in [1.165, 1.54) is 0 Å². The van der Waals surface area contributed by atoms with Crippen LogP contribution >= 0.6 is 0 Å². The Balaban J connectivity index is 2.34. The van der Waals surface area contributed by atoms with Gasteiger partial charge in [0.05, 0.1) is 0 Å². The summed E-state index contributed by atoms with van der Waals surface area (Å²) in [6.45, 7) is 7.17. The summed E-state index contributed by atoms with van der Waals surface area (Å²) in [5.41, 5.74) is 0.248. The maximum atomic E-state index is 4.80. The zero-order valence-electron chi connectivity index (χ0n) is 5.60. The molecule has 1 heterocycles. The molecule has 1 unspecified atom stereocenters. The zero-order valence-corrected chi connectivity index (χ0v) is 5.60. The summed E-state index contributed by atoms with van der Waals surface area (Å²) < 4.78 is 0. The van der Waals surface area contributed by atoms with Gasteiger partial charge in [-0.05, 0) is 5.41 Å². The molecule has 0 aromatic carbocycles. The summed E-state index contributed by atoms with van der Waals surface area (Å²) in [5, 5.41) is 0. The van der Waals surface area contributed by atoms with Crippen LogP contribution in [0.25, 0.3) is 0 Å². The highest BCUT2D eigenvalue weighted by Crippen LogP contribution is 2.27. The molecule has 1 saturated heterocycles. The Hall–Kier alpha value is -0.0800.